The number of thiol groups is 1. The van der Waals surface area contributed by atoms with E-state index in [2.05, 4.69) is 23.3 Å². The highest BCUT2D eigenvalue weighted by atomic mass is 32.1. The maximum atomic E-state index is 12.5. The normalized spacial score (nSPS) is 15.5. The number of hydrogen-bond acceptors (Lipinski definition) is 9. The predicted octanol–water partition coefficient (Wildman–Crippen LogP) is -4.10. The zero-order valence-electron chi connectivity index (χ0n) is 16.6. The average molecular weight is 465 g/mol. The van der Waals surface area contributed by atoms with Crippen molar-refractivity contribution in [1.29, 1.82) is 0 Å². The van der Waals surface area contributed by atoms with Gasteiger partial charge in [-0.1, -0.05) is 0 Å². The van der Waals surface area contributed by atoms with Crippen molar-refractivity contribution in [3.8, 4) is 0 Å². The molecule has 5 unspecified atom stereocenters. The van der Waals surface area contributed by atoms with Gasteiger partial charge in [-0.15, -0.1) is 0 Å². The molecule has 10 N–H and O–H groups in total. The number of primary amides is 1. The minimum absolute atomic E-state index is 0.279. The van der Waals surface area contributed by atoms with E-state index in [4.69, 9.17) is 21.7 Å². The molecule has 0 radical (unpaired) electrons. The van der Waals surface area contributed by atoms with Gasteiger partial charge in [0, 0.05) is 12.2 Å². The first-order valence-electron chi connectivity index (χ1n) is 8.98. The fourth-order valence-corrected chi connectivity index (χ4v) is 2.48. The molecule has 0 aliphatic rings. The zero-order valence-corrected chi connectivity index (χ0v) is 17.5. The molecule has 0 fully saturated rings. The number of aliphatic carboxylic acids is 2. The van der Waals surface area contributed by atoms with E-state index in [-0.39, 0.29) is 18.6 Å². The molecule has 0 aromatic heterocycles. The standard InChI is InChI=1S/C16H27N5O9S/c1-6(22)12(16(29)30)21-15(28)9(5-31)20-14(27)8(2-3-10(18)23)19-13(26)7(17)4-11(24)25/h6-9,12,22,31H,2-5,17H2,1H3,(H2,18,23)(H,19,26)(H,20,27)(H,21,28)(H,24,25)(H,29,30). The lowest BCUT2D eigenvalue weighted by Crippen LogP contribution is -2.59. The van der Waals surface area contributed by atoms with E-state index in [1.54, 1.807) is 0 Å². The number of aliphatic hydroxyl groups is 1. The molecule has 0 bridgehead atoms. The van der Waals surface area contributed by atoms with E-state index >= 15 is 0 Å². The molecule has 0 saturated carbocycles. The monoisotopic (exact) mass is 465 g/mol. The molecule has 5 atom stereocenters. The molecule has 0 aromatic carbocycles. The fraction of sp³-hybridized carbons (Fsp3) is 0.625. The van der Waals surface area contributed by atoms with Crippen LogP contribution in [0.25, 0.3) is 0 Å². The van der Waals surface area contributed by atoms with Crippen molar-refractivity contribution < 1.29 is 44.1 Å². The number of aliphatic hydroxyl groups excluding tert-OH is 1. The summed E-state index contributed by atoms with van der Waals surface area (Å²) in [6, 6.07) is -5.89. The summed E-state index contributed by atoms with van der Waals surface area (Å²) in [6.45, 7) is 1.14. The van der Waals surface area contributed by atoms with Crippen molar-refractivity contribution in [2.24, 2.45) is 11.5 Å². The summed E-state index contributed by atoms with van der Waals surface area (Å²) >= 11 is 3.92. The Balaban J connectivity index is 5.32. The number of amides is 4. The number of rotatable bonds is 14. The molecule has 14 nitrogen and oxygen atoms in total. The molecule has 4 amide bonds. The molecule has 15 heteroatoms. The first kappa shape index (κ1) is 28.1. The third kappa shape index (κ3) is 10.6. The number of carbonyl (C=O) groups is 6. The fourth-order valence-electron chi connectivity index (χ4n) is 2.22. The summed E-state index contributed by atoms with van der Waals surface area (Å²) in [6.07, 6.45) is -2.75. The van der Waals surface area contributed by atoms with Gasteiger partial charge in [0.1, 0.15) is 12.1 Å². The highest BCUT2D eigenvalue weighted by Gasteiger charge is 2.31. The van der Waals surface area contributed by atoms with Crippen molar-refractivity contribution in [2.45, 2.75) is 56.5 Å². The Labute approximate surface area is 182 Å². The van der Waals surface area contributed by atoms with Crippen LogP contribution in [0.5, 0.6) is 0 Å². The van der Waals surface area contributed by atoms with Crippen LogP contribution in [0, 0.1) is 0 Å². The lowest BCUT2D eigenvalue weighted by molar-refractivity contribution is -0.145. The molecular weight excluding hydrogens is 438 g/mol. The number of carboxylic acids is 2. The Morgan fingerprint density at radius 3 is 1.87 bits per heavy atom. The lowest BCUT2D eigenvalue weighted by atomic mass is 10.1. The molecule has 31 heavy (non-hydrogen) atoms. The number of carbonyl (C=O) groups excluding carboxylic acids is 4. The van der Waals surface area contributed by atoms with Gasteiger partial charge in [-0.05, 0) is 13.3 Å². The summed E-state index contributed by atoms with van der Waals surface area (Å²) < 4.78 is 0. The summed E-state index contributed by atoms with van der Waals surface area (Å²) in [5.41, 5.74) is 10.5. The number of nitrogens with one attached hydrogen (secondary N) is 3. The predicted molar refractivity (Wildman–Crippen MR) is 108 cm³/mol. The minimum Gasteiger partial charge on any atom is -0.481 e. The lowest BCUT2D eigenvalue weighted by Gasteiger charge is -2.24. The SMILES string of the molecule is CC(O)C(NC(=O)C(CS)NC(=O)C(CCC(N)=O)NC(=O)C(N)CC(=O)O)C(=O)O. The molecule has 0 rings (SSSR count). The first-order valence-corrected chi connectivity index (χ1v) is 9.61. The Bertz CT molecular complexity index is 703. The van der Waals surface area contributed by atoms with Crippen LogP contribution in [-0.2, 0) is 28.8 Å². The molecule has 0 heterocycles. The van der Waals surface area contributed by atoms with Gasteiger partial charge in [-0.3, -0.25) is 24.0 Å². The Kier molecular flexibility index (Phi) is 12.1. The van der Waals surface area contributed by atoms with Crippen LogP contribution in [0.3, 0.4) is 0 Å². The first-order chi connectivity index (χ1) is 14.3. The van der Waals surface area contributed by atoms with E-state index in [0.717, 1.165) is 6.92 Å². The quantitative estimate of drug-likeness (QED) is 0.112. The minimum atomic E-state index is -1.65. The Morgan fingerprint density at radius 1 is 0.935 bits per heavy atom. The van der Waals surface area contributed by atoms with Gasteiger partial charge in [0.15, 0.2) is 6.04 Å². The van der Waals surface area contributed by atoms with E-state index in [0.29, 0.717) is 0 Å². The van der Waals surface area contributed by atoms with Gasteiger partial charge in [-0.25, -0.2) is 4.79 Å². The molecule has 0 aliphatic carbocycles. The highest BCUT2D eigenvalue weighted by Crippen LogP contribution is 2.02. The van der Waals surface area contributed by atoms with Gasteiger partial charge < -0.3 is 42.7 Å². The maximum absolute atomic E-state index is 12.5. The average Bonchev–Trinajstić information content (AvgIpc) is 2.65. The largest absolute Gasteiger partial charge is 0.481 e. The van der Waals surface area contributed by atoms with Crippen molar-refractivity contribution in [3.05, 3.63) is 0 Å². The summed E-state index contributed by atoms with van der Waals surface area (Å²) in [7, 11) is 0. The van der Waals surface area contributed by atoms with Crippen LogP contribution in [0.15, 0.2) is 0 Å². The van der Waals surface area contributed by atoms with E-state index in [1.807, 2.05) is 5.32 Å². The third-order valence-corrected chi connectivity index (χ3v) is 4.27. The molecule has 0 saturated heterocycles. The second-order valence-corrected chi connectivity index (χ2v) is 6.94. The second-order valence-electron chi connectivity index (χ2n) is 6.58. The highest BCUT2D eigenvalue weighted by molar-refractivity contribution is 7.80. The zero-order chi connectivity index (χ0) is 24.3. The molecule has 0 aliphatic heterocycles. The van der Waals surface area contributed by atoms with Gasteiger partial charge in [0.25, 0.3) is 0 Å². The summed E-state index contributed by atoms with van der Waals surface area (Å²) in [4.78, 5) is 69.7. The number of hydrogen-bond donors (Lipinski definition) is 9. The van der Waals surface area contributed by atoms with Crippen molar-refractivity contribution in [3.63, 3.8) is 0 Å². The van der Waals surface area contributed by atoms with E-state index in [1.165, 1.54) is 0 Å². The van der Waals surface area contributed by atoms with Crippen LogP contribution in [-0.4, -0.2) is 86.9 Å². The van der Waals surface area contributed by atoms with Gasteiger partial charge >= 0.3 is 11.9 Å². The number of nitrogens with two attached hydrogens (primary N) is 2. The van der Waals surface area contributed by atoms with Crippen LogP contribution in [0.4, 0.5) is 0 Å². The van der Waals surface area contributed by atoms with Crippen molar-refractivity contribution in [2.75, 3.05) is 5.75 Å². The summed E-state index contributed by atoms with van der Waals surface area (Å²) in [5.74, 6) is -6.83. The topological polar surface area (TPSA) is 251 Å². The van der Waals surface area contributed by atoms with Crippen LogP contribution < -0.4 is 27.4 Å². The third-order valence-electron chi connectivity index (χ3n) is 3.91. The Hall–Kier alpha value is -2.91. The van der Waals surface area contributed by atoms with Crippen LogP contribution in [0.1, 0.15) is 26.2 Å². The Morgan fingerprint density at radius 2 is 1.45 bits per heavy atom. The molecule has 0 spiro atoms. The number of carboxylic acid groups (broad SMARTS) is 2. The second kappa shape index (κ2) is 13.4. The van der Waals surface area contributed by atoms with Crippen molar-refractivity contribution >= 4 is 48.2 Å². The van der Waals surface area contributed by atoms with Crippen LogP contribution >= 0.6 is 12.6 Å². The van der Waals surface area contributed by atoms with Gasteiger partial charge in [-0.2, -0.15) is 12.6 Å². The molecule has 176 valence electrons. The van der Waals surface area contributed by atoms with E-state index in [9.17, 15) is 33.9 Å². The maximum Gasteiger partial charge on any atom is 0.328 e. The van der Waals surface area contributed by atoms with Crippen LogP contribution in [0.2, 0.25) is 0 Å². The summed E-state index contributed by atoms with van der Waals surface area (Å²) in [5, 5.41) is 33.6. The van der Waals surface area contributed by atoms with Gasteiger partial charge in [0.2, 0.25) is 23.6 Å². The molecular formula is C16H27N5O9S. The smallest absolute Gasteiger partial charge is 0.328 e. The molecule has 0 aromatic rings. The van der Waals surface area contributed by atoms with Crippen molar-refractivity contribution in [1.82, 2.24) is 16.0 Å². The van der Waals surface area contributed by atoms with E-state index < -0.39 is 72.3 Å². The van der Waals surface area contributed by atoms with Gasteiger partial charge in [0.05, 0.1) is 18.6 Å².